The number of amides is 1. The minimum Gasteiger partial charge on any atom is -0.343 e. The number of rotatable bonds is 8. The highest BCUT2D eigenvalue weighted by Gasteiger charge is 2.22. The van der Waals surface area contributed by atoms with Crippen LogP contribution in [0.2, 0.25) is 0 Å². The summed E-state index contributed by atoms with van der Waals surface area (Å²) in [5.41, 5.74) is 3.67. The summed E-state index contributed by atoms with van der Waals surface area (Å²) >= 11 is 0. The summed E-state index contributed by atoms with van der Waals surface area (Å²) in [4.78, 5) is 14.8. The first kappa shape index (κ1) is 22.5. The van der Waals surface area contributed by atoms with E-state index in [0.717, 1.165) is 37.9 Å². The second-order valence-corrected chi connectivity index (χ2v) is 10.1. The van der Waals surface area contributed by atoms with Gasteiger partial charge in [0.2, 0.25) is 15.9 Å². The molecule has 2 aromatic rings. The standard InChI is InChI=1S/C24H32N2O3S/c1-19-3-5-20(6-4-19)7-8-22-15-17-26(18-16-22)24(27)14-11-21-9-12-23(13-10-21)30(28,29)25-2/h3-6,9-10,12-13,22,25H,7-8,11,14-18H2,1-2H3. The van der Waals surface area contributed by atoms with Crippen LogP contribution in [-0.4, -0.2) is 39.4 Å². The number of hydrogen-bond acceptors (Lipinski definition) is 3. The topological polar surface area (TPSA) is 66.5 Å². The van der Waals surface area contributed by atoms with Gasteiger partial charge < -0.3 is 4.90 Å². The lowest BCUT2D eigenvalue weighted by atomic mass is 9.90. The molecule has 0 atom stereocenters. The first-order valence-electron chi connectivity index (χ1n) is 10.7. The van der Waals surface area contributed by atoms with E-state index in [9.17, 15) is 13.2 Å². The molecule has 1 aliphatic rings. The van der Waals surface area contributed by atoms with Crippen LogP contribution in [0.4, 0.5) is 0 Å². The minimum atomic E-state index is -3.42. The fourth-order valence-corrected chi connectivity index (χ4v) is 4.69. The van der Waals surface area contributed by atoms with Crippen molar-refractivity contribution >= 4 is 15.9 Å². The van der Waals surface area contributed by atoms with Gasteiger partial charge in [0.05, 0.1) is 4.90 Å². The van der Waals surface area contributed by atoms with Crippen molar-refractivity contribution < 1.29 is 13.2 Å². The number of hydrogen-bond donors (Lipinski definition) is 1. The Labute approximate surface area is 180 Å². The van der Waals surface area contributed by atoms with Crippen LogP contribution < -0.4 is 4.72 Å². The molecule has 2 aromatic carbocycles. The molecule has 30 heavy (non-hydrogen) atoms. The van der Waals surface area contributed by atoms with Gasteiger partial charge in [0, 0.05) is 19.5 Å². The van der Waals surface area contributed by atoms with E-state index in [2.05, 4.69) is 35.9 Å². The van der Waals surface area contributed by atoms with Crippen LogP contribution in [0.15, 0.2) is 53.4 Å². The second kappa shape index (κ2) is 10.2. The summed E-state index contributed by atoms with van der Waals surface area (Å²) in [5.74, 6) is 0.885. The van der Waals surface area contributed by atoms with Gasteiger partial charge in [-0.15, -0.1) is 0 Å². The molecule has 0 radical (unpaired) electrons. The fraction of sp³-hybridized carbons (Fsp3) is 0.458. The Morgan fingerprint density at radius 1 is 0.967 bits per heavy atom. The van der Waals surface area contributed by atoms with Crippen molar-refractivity contribution in [3.8, 4) is 0 Å². The zero-order valence-electron chi connectivity index (χ0n) is 17.9. The van der Waals surface area contributed by atoms with E-state index in [1.807, 2.05) is 4.90 Å². The number of piperidine rings is 1. The number of sulfonamides is 1. The van der Waals surface area contributed by atoms with Crippen LogP contribution in [0, 0.1) is 12.8 Å². The van der Waals surface area contributed by atoms with Gasteiger partial charge in [-0.1, -0.05) is 42.0 Å². The third-order valence-corrected chi connectivity index (χ3v) is 7.49. The van der Waals surface area contributed by atoms with Crippen LogP contribution in [0.1, 0.15) is 42.4 Å². The van der Waals surface area contributed by atoms with Crippen molar-refractivity contribution in [3.05, 3.63) is 65.2 Å². The SMILES string of the molecule is CNS(=O)(=O)c1ccc(CCC(=O)N2CCC(CCc3ccc(C)cc3)CC2)cc1. The molecule has 5 nitrogen and oxygen atoms in total. The number of benzene rings is 2. The van der Waals surface area contributed by atoms with Crippen molar-refractivity contribution in [2.24, 2.45) is 5.92 Å². The van der Waals surface area contributed by atoms with E-state index < -0.39 is 10.0 Å². The molecule has 0 saturated carbocycles. The lowest BCUT2D eigenvalue weighted by Crippen LogP contribution is -2.38. The highest BCUT2D eigenvalue weighted by molar-refractivity contribution is 7.89. The predicted molar refractivity (Wildman–Crippen MR) is 120 cm³/mol. The lowest BCUT2D eigenvalue weighted by molar-refractivity contribution is -0.132. The maximum atomic E-state index is 12.6. The van der Waals surface area contributed by atoms with E-state index in [4.69, 9.17) is 0 Å². The van der Waals surface area contributed by atoms with Crippen molar-refractivity contribution in [2.45, 2.75) is 50.3 Å². The summed E-state index contributed by atoms with van der Waals surface area (Å²) in [6.45, 7) is 3.80. The lowest BCUT2D eigenvalue weighted by Gasteiger charge is -2.32. The Kier molecular flexibility index (Phi) is 7.67. The van der Waals surface area contributed by atoms with Gasteiger partial charge >= 0.3 is 0 Å². The van der Waals surface area contributed by atoms with Gasteiger partial charge in [-0.25, -0.2) is 13.1 Å². The molecule has 1 aliphatic heterocycles. The summed E-state index contributed by atoms with van der Waals surface area (Å²) in [6, 6.07) is 15.5. The molecular formula is C24H32N2O3S. The van der Waals surface area contributed by atoms with Crippen LogP contribution in [0.5, 0.6) is 0 Å². The molecule has 0 aliphatic carbocycles. The van der Waals surface area contributed by atoms with Crippen molar-refractivity contribution in [1.29, 1.82) is 0 Å². The molecule has 162 valence electrons. The fourth-order valence-electron chi connectivity index (χ4n) is 3.96. The highest BCUT2D eigenvalue weighted by atomic mass is 32.2. The molecule has 3 rings (SSSR count). The van der Waals surface area contributed by atoms with Crippen molar-refractivity contribution in [2.75, 3.05) is 20.1 Å². The largest absolute Gasteiger partial charge is 0.343 e. The van der Waals surface area contributed by atoms with Gasteiger partial charge in [0.15, 0.2) is 0 Å². The molecule has 1 saturated heterocycles. The Hall–Kier alpha value is -2.18. The van der Waals surface area contributed by atoms with E-state index in [0.29, 0.717) is 18.8 Å². The zero-order valence-corrected chi connectivity index (χ0v) is 18.7. The zero-order chi connectivity index (χ0) is 21.6. The Morgan fingerprint density at radius 2 is 1.53 bits per heavy atom. The summed E-state index contributed by atoms with van der Waals surface area (Å²) in [7, 11) is -2.02. The maximum absolute atomic E-state index is 12.6. The molecule has 1 fully saturated rings. The van der Waals surface area contributed by atoms with E-state index >= 15 is 0 Å². The van der Waals surface area contributed by atoms with E-state index in [1.165, 1.54) is 24.6 Å². The average Bonchev–Trinajstić information content (AvgIpc) is 2.77. The van der Waals surface area contributed by atoms with Crippen LogP contribution >= 0.6 is 0 Å². The van der Waals surface area contributed by atoms with Crippen LogP contribution in [0.25, 0.3) is 0 Å². The van der Waals surface area contributed by atoms with Crippen LogP contribution in [0.3, 0.4) is 0 Å². The summed E-state index contributed by atoms with van der Waals surface area (Å²) in [6.07, 6.45) is 5.55. The first-order chi connectivity index (χ1) is 14.4. The number of aryl methyl sites for hydroxylation is 3. The molecule has 0 bridgehead atoms. The first-order valence-corrected chi connectivity index (χ1v) is 12.2. The monoisotopic (exact) mass is 428 g/mol. The quantitative estimate of drug-likeness (QED) is 0.697. The van der Waals surface area contributed by atoms with Crippen molar-refractivity contribution in [3.63, 3.8) is 0 Å². The van der Waals surface area contributed by atoms with Gasteiger partial charge in [-0.2, -0.15) is 0 Å². The molecular weight excluding hydrogens is 396 g/mol. The second-order valence-electron chi connectivity index (χ2n) is 8.20. The molecule has 0 unspecified atom stereocenters. The number of carbonyl (C=O) groups is 1. The smallest absolute Gasteiger partial charge is 0.240 e. The van der Waals surface area contributed by atoms with Crippen molar-refractivity contribution in [1.82, 2.24) is 9.62 Å². The summed E-state index contributed by atoms with van der Waals surface area (Å²) < 4.78 is 25.9. The number of likely N-dealkylation sites (tertiary alicyclic amines) is 1. The normalized spacial score (nSPS) is 15.3. The van der Waals surface area contributed by atoms with E-state index in [1.54, 1.807) is 24.3 Å². The van der Waals surface area contributed by atoms with Crippen LogP contribution in [-0.2, 0) is 27.7 Å². The van der Waals surface area contributed by atoms with E-state index in [-0.39, 0.29) is 10.8 Å². The number of nitrogens with one attached hydrogen (secondary N) is 1. The van der Waals surface area contributed by atoms with Gasteiger partial charge in [-0.05, 0) is 75.3 Å². The minimum absolute atomic E-state index is 0.193. The third-order valence-electron chi connectivity index (χ3n) is 6.06. The predicted octanol–water partition coefficient (Wildman–Crippen LogP) is 3.71. The average molecular weight is 429 g/mol. The van der Waals surface area contributed by atoms with Gasteiger partial charge in [0.25, 0.3) is 0 Å². The highest BCUT2D eigenvalue weighted by Crippen LogP contribution is 2.23. The molecule has 0 spiro atoms. The van der Waals surface area contributed by atoms with Gasteiger partial charge in [0.1, 0.15) is 0 Å². The molecule has 0 aromatic heterocycles. The maximum Gasteiger partial charge on any atom is 0.240 e. The Balaban J connectivity index is 1.40. The third kappa shape index (κ3) is 6.16. The number of nitrogens with zero attached hydrogens (tertiary/aromatic N) is 1. The summed E-state index contributed by atoms with van der Waals surface area (Å²) in [5, 5.41) is 0. The Bertz CT molecular complexity index is 929. The molecule has 1 heterocycles. The Morgan fingerprint density at radius 3 is 2.13 bits per heavy atom. The number of carbonyl (C=O) groups excluding carboxylic acids is 1. The van der Waals surface area contributed by atoms with Gasteiger partial charge in [-0.3, -0.25) is 4.79 Å². The molecule has 1 amide bonds. The molecule has 1 N–H and O–H groups in total. The molecule has 6 heteroatoms.